The fourth-order valence-corrected chi connectivity index (χ4v) is 3.71. The summed E-state index contributed by atoms with van der Waals surface area (Å²) >= 11 is 0. The van der Waals surface area contributed by atoms with Crippen LogP contribution in [0.15, 0.2) is 42.6 Å². The van der Waals surface area contributed by atoms with Gasteiger partial charge < -0.3 is 15.0 Å². The van der Waals surface area contributed by atoms with Gasteiger partial charge in [-0.1, -0.05) is 19.1 Å². The Morgan fingerprint density at radius 3 is 2.89 bits per heavy atom. The normalized spacial score (nSPS) is 22.3. The van der Waals surface area contributed by atoms with E-state index in [1.54, 1.807) is 42.6 Å². The number of carbonyl (C=O) groups excluding carboxylic acids is 2. The van der Waals surface area contributed by atoms with Crippen molar-refractivity contribution in [2.24, 2.45) is 5.92 Å². The Hall–Kier alpha value is -2.93. The van der Waals surface area contributed by atoms with Crippen molar-refractivity contribution in [3.05, 3.63) is 48.2 Å². The number of nitrogens with zero attached hydrogens (tertiary/aromatic N) is 3. The van der Waals surface area contributed by atoms with Crippen molar-refractivity contribution in [2.75, 3.05) is 30.4 Å². The molecule has 4 rings (SSSR count). The lowest BCUT2D eigenvalue weighted by Crippen LogP contribution is -2.43. The summed E-state index contributed by atoms with van der Waals surface area (Å²) in [6.07, 6.45) is 1.70. The predicted octanol–water partition coefficient (Wildman–Crippen LogP) is 3.26. The maximum absolute atomic E-state index is 13.2. The topological polar surface area (TPSA) is 74.8 Å². The van der Waals surface area contributed by atoms with Gasteiger partial charge in [-0.2, -0.15) is 0 Å². The Bertz CT molecular complexity index is 885. The molecule has 2 amide bonds. The number of hydrogen-bond acceptors (Lipinski definition) is 5. The van der Waals surface area contributed by atoms with Gasteiger partial charge in [-0.05, 0) is 37.7 Å². The molecule has 3 heterocycles. The highest BCUT2D eigenvalue weighted by Crippen LogP contribution is 2.37. The van der Waals surface area contributed by atoms with Gasteiger partial charge in [0.15, 0.2) is 5.82 Å². The first-order valence-corrected chi connectivity index (χ1v) is 9.09. The van der Waals surface area contributed by atoms with Crippen LogP contribution >= 0.6 is 0 Å². The van der Waals surface area contributed by atoms with Gasteiger partial charge >= 0.3 is 6.09 Å². The van der Waals surface area contributed by atoms with Gasteiger partial charge in [0.1, 0.15) is 6.10 Å². The fraction of sp³-hybridized carbons (Fsp3) is 0.350. The lowest BCUT2D eigenvalue weighted by molar-refractivity contribution is 0.0261. The molecule has 1 saturated heterocycles. The number of amides is 2. The van der Waals surface area contributed by atoms with Crippen LogP contribution in [0.4, 0.5) is 22.0 Å². The molecule has 27 heavy (non-hydrogen) atoms. The summed E-state index contributed by atoms with van der Waals surface area (Å²) in [5.74, 6) is 0.321. The molecule has 2 aliphatic heterocycles. The van der Waals surface area contributed by atoms with Crippen LogP contribution in [0.2, 0.25) is 0 Å². The molecular weight excluding hydrogens is 344 g/mol. The first-order valence-electron chi connectivity index (χ1n) is 9.09. The molecule has 7 heteroatoms. The predicted molar refractivity (Wildman–Crippen MR) is 102 cm³/mol. The lowest BCUT2D eigenvalue weighted by atomic mass is 9.97. The van der Waals surface area contributed by atoms with Crippen LogP contribution in [0.5, 0.6) is 0 Å². The molecule has 2 atom stereocenters. The number of anilines is 3. The molecule has 0 spiro atoms. The standard InChI is InChI=1S/C20H22N4O3/c1-13-12-23(2)11-9-17(13)27-20(26)24-16-8-4-3-6-14(16)19(25)22-15-7-5-10-21-18(15)24/h3-8,10,13,17H,9,11-12H2,1-2H3,(H,22,25)/t13-,17-/m1/s1. The van der Waals surface area contributed by atoms with Gasteiger partial charge in [0.2, 0.25) is 0 Å². The zero-order chi connectivity index (χ0) is 19.0. The summed E-state index contributed by atoms with van der Waals surface area (Å²) in [6, 6.07) is 10.4. The summed E-state index contributed by atoms with van der Waals surface area (Å²) in [6.45, 7) is 3.85. The van der Waals surface area contributed by atoms with Crippen molar-refractivity contribution in [2.45, 2.75) is 19.4 Å². The number of piperidine rings is 1. The summed E-state index contributed by atoms with van der Waals surface area (Å²) in [4.78, 5) is 33.8. The Morgan fingerprint density at radius 2 is 2.07 bits per heavy atom. The monoisotopic (exact) mass is 366 g/mol. The van der Waals surface area contributed by atoms with Crippen LogP contribution in [-0.2, 0) is 4.74 Å². The molecule has 0 bridgehead atoms. The minimum absolute atomic E-state index is 0.167. The van der Waals surface area contributed by atoms with E-state index in [-0.39, 0.29) is 17.9 Å². The number of carbonyl (C=O) groups is 2. The van der Waals surface area contributed by atoms with E-state index < -0.39 is 6.09 Å². The number of pyridine rings is 1. The number of para-hydroxylation sites is 1. The minimum atomic E-state index is -0.514. The molecule has 2 aromatic rings. The number of aromatic nitrogens is 1. The highest BCUT2D eigenvalue weighted by Gasteiger charge is 2.34. The average molecular weight is 366 g/mol. The van der Waals surface area contributed by atoms with Crippen LogP contribution in [0.25, 0.3) is 0 Å². The van der Waals surface area contributed by atoms with E-state index in [0.29, 0.717) is 22.8 Å². The molecule has 1 aromatic carbocycles. The van der Waals surface area contributed by atoms with Crippen LogP contribution in [0, 0.1) is 5.92 Å². The zero-order valence-electron chi connectivity index (χ0n) is 15.4. The summed E-state index contributed by atoms with van der Waals surface area (Å²) < 4.78 is 5.88. The smallest absolute Gasteiger partial charge is 0.420 e. The molecule has 0 saturated carbocycles. The maximum atomic E-state index is 13.2. The molecular formula is C20H22N4O3. The third-order valence-corrected chi connectivity index (χ3v) is 5.10. The number of ether oxygens (including phenoxy) is 1. The molecule has 1 fully saturated rings. The molecule has 0 radical (unpaired) electrons. The third kappa shape index (κ3) is 3.26. The Balaban J connectivity index is 1.71. The molecule has 0 aliphatic carbocycles. The summed E-state index contributed by atoms with van der Waals surface area (Å²) in [5, 5.41) is 2.82. The van der Waals surface area contributed by atoms with E-state index in [1.807, 2.05) is 0 Å². The van der Waals surface area contributed by atoms with E-state index in [2.05, 4.69) is 29.2 Å². The number of fused-ring (bicyclic) bond motifs is 2. The van der Waals surface area contributed by atoms with Crippen molar-refractivity contribution in [1.29, 1.82) is 0 Å². The van der Waals surface area contributed by atoms with Gasteiger partial charge in [-0.25, -0.2) is 14.7 Å². The van der Waals surface area contributed by atoms with Crippen LogP contribution in [-0.4, -0.2) is 48.1 Å². The van der Waals surface area contributed by atoms with Crippen molar-refractivity contribution < 1.29 is 14.3 Å². The molecule has 0 unspecified atom stereocenters. The number of rotatable bonds is 1. The summed E-state index contributed by atoms with van der Waals surface area (Å²) in [5.41, 5.74) is 1.36. The summed E-state index contributed by atoms with van der Waals surface area (Å²) in [7, 11) is 2.07. The van der Waals surface area contributed by atoms with E-state index >= 15 is 0 Å². The van der Waals surface area contributed by atoms with E-state index in [1.165, 1.54) is 4.90 Å². The Labute approximate surface area is 157 Å². The third-order valence-electron chi connectivity index (χ3n) is 5.10. The second kappa shape index (κ2) is 7.00. The van der Waals surface area contributed by atoms with Crippen molar-refractivity contribution in [3.63, 3.8) is 0 Å². The van der Waals surface area contributed by atoms with Crippen molar-refractivity contribution in [1.82, 2.24) is 9.88 Å². The van der Waals surface area contributed by atoms with Gasteiger partial charge in [-0.15, -0.1) is 0 Å². The fourth-order valence-electron chi connectivity index (χ4n) is 3.71. The zero-order valence-corrected chi connectivity index (χ0v) is 15.4. The first kappa shape index (κ1) is 17.5. The number of hydrogen-bond donors (Lipinski definition) is 1. The van der Waals surface area contributed by atoms with Gasteiger partial charge in [0.25, 0.3) is 5.91 Å². The molecule has 140 valence electrons. The van der Waals surface area contributed by atoms with Crippen molar-refractivity contribution >= 4 is 29.2 Å². The quantitative estimate of drug-likeness (QED) is 0.838. The lowest BCUT2D eigenvalue weighted by Gasteiger charge is -2.35. The molecule has 1 aromatic heterocycles. The Kier molecular flexibility index (Phi) is 4.53. The minimum Gasteiger partial charge on any atom is -0.445 e. The average Bonchev–Trinajstić information content (AvgIpc) is 2.78. The van der Waals surface area contributed by atoms with Crippen molar-refractivity contribution in [3.8, 4) is 0 Å². The highest BCUT2D eigenvalue weighted by molar-refractivity contribution is 6.16. The Morgan fingerprint density at radius 1 is 1.26 bits per heavy atom. The molecule has 1 N–H and O–H groups in total. The first-order chi connectivity index (χ1) is 13.0. The maximum Gasteiger partial charge on any atom is 0.420 e. The van der Waals surface area contributed by atoms with Crippen LogP contribution < -0.4 is 10.2 Å². The van der Waals surface area contributed by atoms with Crippen LogP contribution in [0.1, 0.15) is 23.7 Å². The number of likely N-dealkylation sites (tertiary alicyclic amines) is 1. The van der Waals surface area contributed by atoms with Gasteiger partial charge in [-0.3, -0.25) is 4.79 Å². The molecule has 7 nitrogen and oxygen atoms in total. The van der Waals surface area contributed by atoms with Gasteiger partial charge in [0.05, 0.1) is 16.9 Å². The number of benzene rings is 1. The second-order valence-electron chi connectivity index (χ2n) is 7.13. The van der Waals surface area contributed by atoms with E-state index in [9.17, 15) is 9.59 Å². The SMILES string of the molecule is C[C@@H]1CN(C)CC[C@H]1OC(=O)N1c2ccccc2C(=O)Nc2cccnc21. The highest BCUT2D eigenvalue weighted by atomic mass is 16.6. The van der Waals surface area contributed by atoms with Gasteiger partial charge in [0, 0.05) is 25.2 Å². The second-order valence-corrected chi connectivity index (χ2v) is 7.13. The van der Waals surface area contributed by atoms with Crippen LogP contribution in [0.3, 0.4) is 0 Å². The van der Waals surface area contributed by atoms with E-state index in [4.69, 9.17) is 4.74 Å². The van der Waals surface area contributed by atoms with E-state index in [0.717, 1.165) is 19.5 Å². The number of nitrogens with one attached hydrogen (secondary N) is 1. The molecule has 2 aliphatic rings. The largest absolute Gasteiger partial charge is 0.445 e.